The van der Waals surface area contributed by atoms with E-state index in [4.69, 9.17) is 22.7 Å². The lowest BCUT2D eigenvalue weighted by molar-refractivity contribution is 0.403. The van der Waals surface area contributed by atoms with Crippen LogP contribution in [0.25, 0.3) is 11.0 Å². The molecule has 0 aliphatic rings. The minimum atomic E-state index is -0.289. The number of halogens is 1. The molecule has 0 aliphatic heterocycles. The van der Waals surface area contributed by atoms with Crippen molar-refractivity contribution in [1.82, 2.24) is 9.55 Å². The molecular formula is C17H17FN4OS. The number of imidazole rings is 1. The van der Waals surface area contributed by atoms with Gasteiger partial charge < -0.3 is 20.4 Å². The number of rotatable bonds is 5. The Labute approximate surface area is 144 Å². The fourth-order valence-electron chi connectivity index (χ4n) is 2.70. The molecule has 3 N–H and O–H groups in total. The highest BCUT2D eigenvalue weighted by Gasteiger charge is 2.14. The number of aromatic nitrogens is 2. The number of anilines is 1. The van der Waals surface area contributed by atoms with Crippen molar-refractivity contribution in [1.29, 1.82) is 0 Å². The summed E-state index contributed by atoms with van der Waals surface area (Å²) < 4.78 is 21.3. The molecule has 0 fully saturated rings. The fourth-order valence-corrected chi connectivity index (χ4v) is 2.80. The molecule has 1 aromatic heterocycles. The summed E-state index contributed by atoms with van der Waals surface area (Å²) in [5.74, 6) is 0.782. The summed E-state index contributed by atoms with van der Waals surface area (Å²) in [6.45, 7) is 0.503. The van der Waals surface area contributed by atoms with Crippen molar-refractivity contribution in [3.63, 3.8) is 0 Å². The molecule has 0 amide bonds. The fraction of sp³-hybridized carbons (Fsp3) is 0.176. The van der Waals surface area contributed by atoms with E-state index in [0.717, 1.165) is 11.0 Å². The Bertz CT molecular complexity index is 893. The standard InChI is InChI=1S/C17H17FN4OS/c1-23-15-8-4-5-12(18)11(15)9-10-22-14-7-3-2-6-13(14)20-17(22)21-16(19)24/h2-8H,9-10H2,1H3,(H3,19,20,21,24). The Morgan fingerprint density at radius 3 is 2.83 bits per heavy atom. The number of nitrogens with zero attached hydrogens (tertiary/aromatic N) is 2. The van der Waals surface area contributed by atoms with Crippen LogP contribution in [0, 0.1) is 5.82 Å². The van der Waals surface area contributed by atoms with Gasteiger partial charge in [0.1, 0.15) is 11.6 Å². The third-order valence-electron chi connectivity index (χ3n) is 3.77. The summed E-state index contributed by atoms with van der Waals surface area (Å²) in [5, 5.41) is 3.01. The highest BCUT2D eigenvalue weighted by Crippen LogP contribution is 2.25. The minimum absolute atomic E-state index is 0.134. The largest absolute Gasteiger partial charge is 0.496 e. The lowest BCUT2D eigenvalue weighted by atomic mass is 10.1. The van der Waals surface area contributed by atoms with Crippen LogP contribution in [0.5, 0.6) is 5.75 Å². The quantitative estimate of drug-likeness (QED) is 0.697. The van der Waals surface area contributed by atoms with Crippen molar-refractivity contribution in [2.24, 2.45) is 5.73 Å². The summed E-state index contributed by atoms with van der Waals surface area (Å²) in [4.78, 5) is 4.49. The molecule has 0 aliphatic carbocycles. The van der Waals surface area contributed by atoms with Gasteiger partial charge in [0.15, 0.2) is 5.11 Å². The zero-order valence-electron chi connectivity index (χ0n) is 13.1. The maximum atomic E-state index is 14.1. The molecule has 0 saturated carbocycles. The van der Waals surface area contributed by atoms with E-state index < -0.39 is 0 Å². The van der Waals surface area contributed by atoms with Gasteiger partial charge in [0.25, 0.3) is 0 Å². The topological polar surface area (TPSA) is 65.1 Å². The van der Waals surface area contributed by atoms with Crippen LogP contribution < -0.4 is 15.8 Å². The maximum absolute atomic E-state index is 14.1. The van der Waals surface area contributed by atoms with Crippen molar-refractivity contribution < 1.29 is 9.13 Å². The first-order valence-corrected chi connectivity index (χ1v) is 7.84. The lowest BCUT2D eigenvalue weighted by Gasteiger charge is -2.12. The molecule has 0 atom stereocenters. The predicted molar refractivity (Wildman–Crippen MR) is 96.8 cm³/mol. The van der Waals surface area contributed by atoms with Crippen molar-refractivity contribution >= 4 is 34.3 Å². The minimum Gasteiger partial charge on any atom is -0.496 e. The molecule has 0 unspecified atom stereocenters. The van der Waals surface area contributed by atoms with Crippen LogP contribution in [0.2, 0.25) is 0 Å². The highest BCUT2D eigenvalue weighted by molar-refractivity contribution is 7.80. The third-order valence-corrected chi connectivity index (χ3v) is 3.87. The molecule has 3 aromatic rings. The zero-order valence-corrected chi connectivity index (χ0v) is 13.9. The lowest BCUT2D eigenvalue weighted by Crippen LogP contribution is -2.22. The first kappa shape index (κ1) is 16.2. The maximum Gasteiger partial charge on any atom is 0.210 e. The van der Waals surface area contributed by atoms with Crippen LogP contribution >= 0.6 is 12.2 Å². The van der Waals surface area contributed by atoms with E-state index in [-0.39, 0.29) is 10.9 Å². The zero-order chi connectivity index (χ0) is 17.1. The molecular weight excluding hydrogens is 327 g/mol. The summed E-state index contributed by atoms with van der Waals surface area (Å²) in [6, 6.07) is 12.5. The molecule has 0 radical (unpaired) electrons. The number of nitrogens with two attached hydrogens (primary N) is 1. The van der Waals surface area contributed by atoms with E-state index in [1.807, 2.05) is 28.8 Å². The third kappa shape index (κ3) is 3.16. The molecule has 0 saturated heterocycles. The molecule has 7 heteroatoms. The average Bonchev–Trinajstić information content (AvgIpc) is 2.90. The number of nitrogens with one attached hydrogen (secondary N) is 1. The van der Waals surface area contributed by atoms with Gasteiger partial charge in [0, 0.05) is 12.1 Å². The Balaban J connectivity index is 1.96. The SMILES string of the molecule is COc1cccc(F)c1CCn1c(NC(N)=S)nc2ccccc21. The molecule has 0 bridgehead atoms. The number of thiocarbonyl (C=S) groups is 1. The number of methoxy groups -OCH3 is 1. The average molecular weight is 344 g/mol. The van der Waals surface area contributed by atoms with Crippen LogP contribution in [-0.4, -0.2) is 21.8 Å². The first-order valence-electron chi connectivity index (χ1n) is 7.43. The summed E-state index contributed by atoms with van der Waals surface area (Å²) in [6.07, 6.45) is 0.447. The van der Waals surface area contributed by atoms with Crippen LogP contribution in [0.1, 0.15) is 5.56 Å². The summed E-state index contributed by atoms with van der Waals surface area (Å²) >= 11 is 4.91. The van der Waals surface area contributed by atoms with Crippen molar-refractivity contribution in [2.75, 3.05) is 12.4 Å². The molecule has 1 heterocycles. The van der Waals surface area contributed by atoms with Crippen molar-refractivity contribution in [3.05, 3.63) is 53.8 Å². The second-order valence-corrected chi connectivity index (χ2v) is 5.68. The summed E-state index contributed by atoms with van der Waals surface area (Å²) in [5.41, 5.74) is 7.85. The van der Waals surface area contributed by atoms with E-state index in [1.54, 1.807) is 12.1 Å². The van der Waals surface area contributed by atoms with Gasteiger partial charge in [-0.1, -0.05) is 18.2 Å². The van der Waals surface area contributed by atoms with E-state index in [9.17, 15) is 4.39 Å². The predicted octanol–water partition coefficient (Wildman–Crippen LogP) is 3.08. The Hall–Kier alpha value is -2.67. The van der Waals surface area contributed by atoms with E-state index in [2.05, 4.69) is 10.3 Å². The molecule has 0 spiro atoms. The van der Waals surface area contributed by atoms with Gasteiger partial charge in [-0.2, -0.15) is 0 Å². The van der Waals surface area contributed by atoms with E-state index in [1.165, 1.54) is 13.2 Å². The second kappa shape index (κ2) is 6.84. The molecule has 2 aromatic carbocycles. The van der Waals surface area contributed by atoms with Gasteiger partial charge in [-0.05, 0) is 42.9 Å². The number of para-hydroxylation sites is 2. The van der Waals surface area contributed by atoms with Crippen molar-refractivity contribution in [3.8, 4) is 5.75 Å². The smallest absolute Gasteiger partial charge is 0.210 e. The number of fused-ring (bicyclic) bond motifs is 1. The first-order chi connectivity index (χ1) is 11.6. The summed E-state index contributed by atoms with van der Waals surface area (Å²) in [7, 11) is 1.53. The molecule has 5 nitrogen and oxygen atoms in total. The monoisotopic (exact) mass is 344 g/mol. The number of benzene rings is 2. The number of hydrogen-bond donors (Lipinski definition) is 2. The molecule has 24 heavy (non-hydrogen) atoms. The van der Waals surface area contributed by atoms with Gasteiger partial charge in [-0.25, -0.2) is 9.37 Å². The Kier molecular flexibility index (Phi) is 4.61. The second-order valence-electron chi connectivity index (χ2n) is 5.24. The Morgan fingerprint density at radius 1 is 1.29 bits per heavy atom. The highest BCUT2D eigenvalue weighted by atomic mass is 32.1. The number of ether oxygens (including phenoxy) is 1. The molecule has 3 rings (SSSR count). The number of hydrogen-bond acceptors (Lipinski definition) is 3. The van der Waals surface area contributed by atoms with Gasteiger partial charge in [-0.15, -0.1) is 0 Å². The molecule has 124 valence electrons. The van der Waals surface area contributed by atoms with Crippen LogP contribution in [-0.2, 0) is 13.0 Å². The van der Waals surface area contributed by atoms with Gasteiger partial charge in [-0.3, -0.25) is 0 Å². The van der Waals surface area contributed by atoms with Crippen molar-refractivity contribution in [2.45, 2.75) is 13.0 Å². The van der Waals surface area contributed by atoms with Gasteiger partial charge in [0.05, 0.1) is 18.1 Å². The van der Waals surface area contributed by atoms with Crippen LogP contribution in [0.4, 0.5) is 10.3 Å². The van der Waals surface area contributed by atoms with E-state index in [0.29, 0.717) is 30.2 Å². The Morgan fingerprint density at radius 2 is 2.08 bits per heavy atom. The van der Waals surface area contributed by atoms with Crippen LogP contribution in [0.3, 0.4) is 0 Å². The van der Waals surface area contributed by atoms with Gasteiger partial charge in [0.2, 0.25) is 5.95 Å². The van der Waals surface area contributed by atoms with Crippen LogP contribution in [0.15, 0.2) is 42.5 Å². The van der Waals surface area contributed by atoms with E-state index >= 15 is 0 Å². The normalized spacial score (nSPS) is 10.8. The van der Waals surface area contributed by atoms with Gasteiger partial charge >= 0.3 is 0 Å². The number of aryl methyl sites for hydroxylation is 1.